The van der Waals surface area contributed by atoms with Gasteiger partial charge in [0.15, 0.2) is 10.4 Å². The minimum atomic E-state index is -0.479. The number of rotatable bonds is 1. The second-order valence-corrected chi connectivity index (χ2v) is 5.97. The molecule has 3 heterocycles. The van der Waals surface area contributed by atoms with Crippen molar-refractivity contribution in [2.24, 2.45) is 0 Å². The highest BCUT2D eigenvalue weighted by molar-refractivity contribution is 9.10. The van der Waals surface area contributed by atoms with E-state index in [1.54, 1.807) is 10.8 Å². The zero-order valence-electron chi connectivity index (χ0n) is 10.6. The van der Waals surface area contributed by atoms with Gasteiger partial charge in [-0.2, -0.15) is 0 Å². The lowest BCUT2D eigenvalue weighted by atomic mass is 10.0. The summed E-state index contributed by atoms with van der Waals surface area (Å²) in [6, 6.07) is 1.38. The number of likely N-dealkylation sites (tertiary alicyclic amines) is 1. The van der Waals surface area contributed by atoms with Crippen LogP contribution in [-0.2, 0) is 9.59 Å². The Kier molecular flexibility index (Phi) is 3.21. The Hall–Kier alpha value is -1.54. The Labute approximate surface area is 127 Å². The second kappa shape index (κ2) is 4.78. The Morgan fingerprint density at radius 1 is 1.50 bits per heavy atom. The van der Waals surface area contributed by atoms with Crippen LogP contribution in [0.25, 0.3) is 11.2 Å². The number of aromatic amines is 1. The van der Waals surface area contributed by atoms with Gasteiger partial charge in [0.25, 0.3) is 5.91 Å². The van der Waals surface area contributed by atoms with Gasteiger partial charge in [-0.3, -0.25) is 19.1 Å². The summed E-state index contributed by atoms with van der Waals surface area (Å²) >= 11 is 8.64. The summed E-state index contributed by atoms with van der Waals surface area (Å²) in [5, 5.41) is 0. The average Bonchev–Trinajstić information content (AvgIpc) is 2.72. The van der Waals surface area contributed by atoms with Crippen molar-refractivity contribution < 1.29 is 9.59 Å². The lowest BCUT2D eigenvalue weighted by Crippen LogP contribution is -2.43. The van der Waals surface area contributed by atoms with Gasteiger partial charge in [0, 0.05) is 24.1 Å². The first kappa shape index (κ1) is 13.4. The molecule has 0 spiro atoms. The third-order valence-corrected chi connectivity index (χ3v) is 4.19. The number of imidazole rings is 1. The van der Waals surface area contributed by atoms with Crippen molar-refractivity contribution in [3.8, 4) is 0 Å². The molecule has 1 fully saturated rings. The quantitative estimate of drug-likeness (QED) is 0.629. The molecule has 1 aliphatic rings. The molecule has 3 rings (SSSR count). The van der Waals surface area contributed by atoms with Gasteiger partial charge in [0.05, 0.1) is 5.52 Å². The largest absolute Gasteiger partial charge is 0.329 e. The number of amides is 2. The van der Waals surface area contributed by atoms with Crippen molar-refractivity contribution in [2.45, 2.75) is 18.9 Å². The standard InChI is InChI=1S/C12H11BrN4O2S/c1-16-9(18)3-2-8(11(16)19)17-10-7(15-12(17)20)4-6(13)5-14-10/h4-5,8H,2-3H2,1H3,(H,15,20). The van der Waals surface area contributed by atoms with E-state index >= 15 is 0 Å². The first-order chi connectivity index (χ1) is 9.49. The van der Waals surface area contributed by atoms with Crippen LogP contribution in [0.3, 0.4) is 0 Å². The number of nitrogens with one attached hydrogen (secondary N) is 1. The zero-order chi connectivity index (χ0) is 14.4. The molecule has 8 heteroatoms. The Morgan fingerprint density at radius 2 is 2.25 bits per heavy atom. The number of hydrogen-bond donors (Lipinski definition) is 1. The third-order valence-electron chi connectivity index (χ3n) is 3.45. The Morgan fingerprint density at radius 3 is 3.00 bits per heavy atom. The van der Waals surface area contributed by atoms with Gasteiger partial charge in [0.1, 0.15) is 6.04 Å². The fourth-order valence-electron chi connectivity index (χ4n) is 2.41. The summed E-state index contributed by atoms with van der Waals surface area (Å²) in [5.74, 6) is -0.406. The monoisotopic (exact) mass is 354 g/mol. The van der Waals surface area contributed by atoms with Gasteiger partial charge >= 0.3 is 0 Å². The second-order valence-electron chi connectivity index (χ2n) is 4.67. The number of fused-ring (bicyclic) bond motifs is 1. The number of carbonyl (C=O) groups excluding carboxylic acids is 2. The Balaban J connectivity index is 2.15. The lowest BCUT2D eigenvalue weighted by Gasteiger charge is -2.28. The number of nitrogens with zero attached hydrogens (tertiary/aromatic N) is 3. The SMILES string of the molecule is CN1C(=O)CCC(n2c(=S)[nH]c3cc(Br)cnc32)C1=O. The molecule has 0 aromatic carbocycles. The maximum absolute atomic E-state index is 12.3. The fourth-order valence-corrected chi connectivity index (χ4v) is 3.07. The minimum absolute atomic E-state index is 0.159. The molecule has 2 aromatic rings. The first-order valence-corrected chi connectivity index (χ1v) is 7.25. The van der Waals surface area contributed by atoms with Crippen LogP contribution in [0.4, 0.5) is 0 Å². The van der Waals surface area contributed by atoms with Crippen molar-refractivity contribution in [2.75, 3.05) is 7.05 Å². The van der Waals surface area contributed by atoms with Crippen molar-refractivity contribution >= 4 is 51.1 Å². The van der Waals surface area contributed by atoms with E-state index in [1.807, 2.05) is 6.07 Å². The molecule has 20 heavy (non-hydrogen) atoms. The normalized spacial score (nSPS) is 19.9. The molecule has 1 N–H and O–H groups in total. The predicted molar refractivity (Wildman–Crippen MR) is 78.7 cm³/mol. The van der Waals surface area contributed by atoms with E-state index in [9.17, 15) is 9.59 Å². The van der Waals surface area contributed by atoms with Gasteiger partial charge in [-0.25, -0.2) is 4.98 Å². The predicted octanol–water partition coefficient (Wildman–Crippen LogP) is 2.18. The van der Waals surface area contributed by atoms with Crippen LogP contribution in [0.15, 0.2) is 16.7 Å². The van der Waals surface area contributed by atoms with Crippen LogP contribution in [0.1, 0.15) is 18.9 Å². The lowest BCUT2D eigenvalue weighted by molar-refractivity contribution is -0.149. The summed E-state index contributed by atoms with van der Waals surface area (Å²) < 4.78 is 2.96. The molecule has 1 saturated heterocycles. The molecule has 0 saturated carbocycles. The highest BCUT2D eigenvalue weighted by Gasteiger charge is 2.34. The number of imide groups is 1. The maximum atomic E-state index is 12.3. The maximum Gasteiger partial charge on any atom is 0.252 e. The number of carbonyl (C=O) groups is 2. The molecule has 6 nitrogen and oxygen atoms in total. The third kappa shape index (κ3) is 1.99. The van der Waals surface area contributed by atoms with Crippen LogP contribution < -0.4 is 0 Å². The van der Waals surface area contributed by atoms with Gasteiger partial charge in [-0.1, -0.05) is 0 Å². The van der Waals surface area contributed by atoms with E-state index in [1.165, 1.54) is 7.05 Å². The molecule has 2 aromatic heterocycles. The van der Waals surface area contributed by atoms with Crippen molar-refractivity contribution in [1.82, 2.24) is 19.4 Å². The van der Waals surface area contributed by atoms with Crippen LogP contribution >= 0.6 is 28.1 Å². The number of H-pyrrole nitrogens is 1. The minimum Gasteiger partial charge on any atom is -0.329 e. The summed E-state index contributed by atoms with van der Waals surface area (Å²) in [6.07, 6.45) is 2.43. The number of pyridine rings is 1. The summed E-state index contributed by atoms with van der Waals surface area (Å²) in [5.41, 5.74) is 1.39. The molecule has 104 valence electrons. The van der Waals surface area contributed by atoms with Gasteiger partial charge in [0.2, 0.25) is 5.91 Å². The topological polar surface area (TPSA) is 71.0 Å². The first-order valence-electron chi connectivity index (χ1n) is 6.05. The van der Waals surface area contributed by atoms with Crippen molar-refractivity contribution in [3.63, 3.8) is 0 Å². The molecule has 0 aliphatic carbocycles. The van der Waals surface area contributed by atoms with Gasteiger partial charge in [-0.15, -0.1) is 0 Å². The van der Waals surface area contributed by atoms with Crippen molar-refractivity contribution in [1.29, 1.82) is 0 Å². The number of halogens is 1. The zero-order valence-corrected chi connectivity index (χ0v) is 13.0. The van der Waals surface area contributed by atoms with Crippen LogP contribution in [0.5, 0.6) is 0 Å². The summed E-state index contributed by atoms with van der Waals surface area (Å²) in [4.78, 5) is 32.4. The van der Waals surface area contributed by atoms with E-state index in [4.69, 9.17) is 12.2 Å². The molecule has 1 atom stereocenters. The van der Waals surface area contributed by atoms with Gasteiger partial charge < -0.3 is 4.98 Å². The molecular weight excluding hydrogens is 344 g/mol. The summed E-state index contributed by atoms with van der Waals surface area (Å²) in [6.45, 7) is 0. The number of aromatic nitrogens is 3. The molecule has 0 radical (unpaired) electrons. The molecule has 1 aliphatic heterocycles. The van der Waals surface area contributed by atoms with Crippen molar-refractivity contribution in [3.05, 3.63) is 21.5 Å². The van der Waals surface area contributed by atoms with Crippen LogP contribution in [-0.4, -0.2) is 38.3 Å². The fraction of sp³-hybridized carbons (Fsp3) is 0.333. The number of hydrogen-bond acceptors (Lipinski definition) is 4. The number of piperidine rings is 1. The van der Waals surface area contributed by atoms with Gasteiger partial charge in [-0.05, 0) is 40.6 Å². The molecule has 0 bridgehead atoms. The molecule has 2 amide bonds. The highest BCUT2D eigenvalue weighted by Crippen LogP contribution is 2.27. The number of likely N-dealkylation sites (N-methyl/N-ethyl adjacent to an activating group) is 1. The smallest absolute Gasteiger partial charge is 0.252 e. The molecule has 1 unspecified atom stereocenters. The van der Waals surface area contributed by atoms with Crippen LogP contribution in [0, 0.1) is 4.77 Å². The summed E-state index contributed by atoms with van der Waals surface area (Å²) in [7, 11) is 1.50. The van der Waals surface area contributed by atoms with E-state index in [0.29, 0.717) is 23.3 Å². The average molecular weight is 355 g/mol. The Bertz CT molecular complexity index is 781. The highest BCUT2D eigenvalue weighted by atomic mass is 79.9. The molecular formula is C12H11BrN4O2S. The van der Waals surface area contributed by atoms with E-state index in [0.717, 1.165) is 14.9 Å². The van der Waals surface area contributed by atoms with Crippen LogP contribution in [0.2, 0.25) is 0 Å². The van der Waals surface area contributed by atoms with E-state index < -0.39 is 6.04 Å². The van der Waals surface area contributed by atoms with E-state index in [-0.39, 0.29) is 11.8 Å². The van der Waals surface area contributed by atoms with E-state index in [2.05, 4.69) is 25.9 Å².